The van der Waals surface area contributed by atoms with Gasteiger partial charge in [0.1, 0.15) is 11.6 Å². The molecule has 1 aliphatic carbocycles. The Labute approximate surface area is 191 Å². The van der Waals surface area contributed by atoms with Gasteiger partial charge in [-0.25, -0.2) is 9.78 Å². The van der Waals surface area contributed by atoms with E-state index in [4.69, 9.17) is 14.8 Å². The van der Waals surface area contributed by atoms with Gasteiger partial charge in [0.15, 0.2) is 0 Å². The summed E-state index contributed by atoms with van der Waals surface area (Å²) < 4.78 is 9.63. The third-order valence-corrected chi connectivity index (χ3v) is 6.81. The fraction of sp³-hybridized carbons (Fsp3) is 0.259. The van der Waals surface area contributed by atoms with Gasteiger partial charge in [-0.15, -0.1) is 0 Å². The molecule has 166 valence electrons. The molecule has 5 aromatic rings. The lowest BCUT2D eigenvalue weighted by atomic mass is 10.1. The molecular formula is C27H25N3O3. The maximum atomic E-state index is 11.1. The van der Waals surface area contributed by atoms with Crippen molar-refractivity contribution < 1.29 is 14.6 Å². The summed E-state index contributed by atoms with van der Waals surface area (Å²) in [5.41, 5.74) is 6.09. The van der Waals surface area contributed by atoms with Crippen LogP contribution in [0.25, 0.3) is 44.2 Å². The number of para-hydroxylation sites is 1. The standard InChI is InChI=1S/C27H25N3O3/c1-3-29-21-7-5-4-6-19(21)20-14-18(10-11-22(20)29)26-28-25-16(2)24(33-27(31)32)13-12-23(25)30(26)15-17-8-9-17/h4-7,10-14,17H,3,8-9,15H2,1-2H3,(H,31,32). The van der Waals surface area contributed by atoms with Crippen molar-refractivity contribution in [2.75, 3.05) is 0 Å². The SMILES string of the molecule is CCn1c2ccccc2c2cc(-c3nc4c(C)c(OC(=O)O)ccc4n3CC3CC3)ccc21. The number of benzene rings is 3. The number of hydrogen-bond donors (Lipinski definition) is 1. The highest BCUT2D eigenvalue weighted by atomic mass is 16.7. The first-order valence-electron chi connectivity index (χ1n) is 11.5. The van der Waals surface area contributed by atoms with E-state index < -0.39 is 6.16 Å². The molecule has 2 heterocycles. The van der Waals surface area contributed by atoms with E-state index in [9.17, 15) is 4.79 Å². The average molecular weight is 440 g/mol. The largest absolute Gasteiger partial charge is 0.511 e. The number of rotatable bonds is 5. The Kier molecular flexibility index (Phi) is 4.43. The number of aryl methyl sites for hydroxylation is 2. The monoisotopic (exact) mass is 439 g/mol. The lowest BCUT2D eigenvalue weighted by Gasteiger charge is -2.10. The molecule has 6 nitrogen and oxygen atoms in total. The van der Waals surface area contributed by atoms with Crippen molar-refractivity contribution in [1.29, 1.82) is 0 Å². The molecule has 2 aromatic heterocycles. The van der Waals surface area contributed by atoms with Gasteiger partial charge in [-0.2, -0.15) is 0 Å². The number of carboxylic acid groups (broad SMARTS) is 1. The zero-order valence-electron chi connectivity index (χ0n) is 18.7. The van der Waals surface area contributed by atoms with Crippen LogP contribution in [0.5, 0.6) is 5.75 Å². The minimum absolute atomic E-state index is 0.332. The van der Waals surface area contributed by atoms with Crippen molar-refractivity contribution in [3.05, 3.63) is 60.2 Å². The van der Waals surface area contributed by atoms with Gasteiger partial charge in [-0.1, -0.05) is 18.2 Å². The fourth-order valence-corrected chi connectivity index (χ4v) is 5.01. The molecule has 0 aliphatic heterocycles. The molecule has 0 radical (unpaired) electrons. The van der Waals surface area contributed by atoms with Crippen LogP contribution in [0.1, 0.15) is 25.3 Å². The Bertz CT molecular complexity index is 1560. The first kappa shape index (κ1) is 19.9. The molecular weight excluding hydrogens is 414 g/mol. The predicted octanol–water partition coefficient (Wildman–Crippen LogP) is 6.61. The maximum Gasteiger partial charge on any atom is 0.511 e. The lowest BCUT2D eigenvalue weighted by molar-refractivity contribution is 0.144. The van der Waals surface area contributed by atoms with Gasteiger partial charge in [0.25, 0.3) is 0 Å². The van der Waals surface area contributed by atoms with Gasteiger partial charge in [0.05, 0.1) is 11.0 Å². The smallest absolute Gasteiger partial charge is 0.449 e. The van der Waals surface area contributed by atoms with Crippen molar-refractivity contribution in [2.45, 2.75) is 39.8 Å². The van der Waals surface area contributed by atoms with Gasteiger partial charge in [-0.3, -0.25) is 0 Å². The Morgan fingerprint density at radius 3 is 2.55 bits per heavy atom. The Balaban J connectivity index is 1.59. The van der Waals surface area contributed by atoms with E-state index in [1.54, 1.807) is 6.07 Å². The van der Waals surface area contributed by atoms with Crippen LogP contribution in [0.2, 0.25) is 0 Å². The zero-order valence-corrected chi connectivity index (χ0v) is 18.7. The first-order chi connectivity index (χ1) is 16.0. The molecule has 0 amide bonds. The van der Waals surface area contributed by atoms with Gasteiger partial charge in [-0.05, 0) is 69.0 Å². The Morgan fingerprint density at radius 2 is 1.79 bits per heavy atom. The lowest BCUT2D eigenvalue weighted by Crippen LogP contribution is -2.05. The number of aromatic nitrogens is 3. The number of imidazole rings is 1. The summed E-state index contributed by atoms with van der Waals surface area (Å²) in [6.07, 6.45) is 1.16. The molecule has 0 bridgehead atoms. The zero-order chi connectivity index (χ0) is 22.7. The predicted molar refractivity (Wildman–Crippen MR) is 130 cm³/mol. The molecule has 3 aromatic carbocycles. The van der Waals surface area contributed by atoms with Crippen molar-refractivity contribution in [3.63, 3.8) is 0 Å². The van der Waals surface area contributed by atoms with E-state index in [1.807, 2.05) is 13.0 Å². The van der Waals surface area contributed by atoms with Crippen molar-refractivity contribution in [1.82, 2.24) is 14.1 Å². The molecule has 0 atom stereocenters. The topological polar surface area (TPSA) is 69.3 Å². The van der Waals surface area contributed by atoms with Crippen LogP contribution >= 0.6 is 0 Å². The van der Waals surface area contributed by atoms with Gasteiger partial charge in [0, 0.05) is 46.0 Å². The van der Waals surface area contributed by atoms with Crippen LogP contribution in [-0.2, 0) is 13.1 Å². The molecule has 0 saturated heterocycles. The second-order valence-corrected chi connectivity index (χ2v) is 8.91. The highest BCUT2D eigenvalue weighted by Gasteiger charge is 2.26. The molecule has 6 heteroatoms. The molecule has 33 heavy (non-hydrogen) atoms. The normalized spacial score (nSPS) is 13.9. The van der Waals surface area contributed by atoms with Crippen LogP contribution in [0.15, 0.2) is 54.6 Å². The summed E-state index contributed by atoms with van der Waals surface area (Å²) in [6.45, 7) is 5.87. The summed E-state index contributed by atoms with van der Waals surface area (Å²) in [6, 6.07) is 18.8. The number of fused-ring (bicyclic) bond motifs is 4. The minimum atomic E-state index is -1.31. The molecule has 1 N–H and O–H groups in total. The third-order valence-electron chi connectivity index (χ3n) is 6.81. The summed E-state index contributed by atoms with van der Waals surface area (Å²) in [5, 5.41) is 11.6. The summed E-state index contributed by atoms with van der Waals surface area (Å²) >= 11 is 0. The summed E-state index contributed by atoms with van der Waals surface area (Å²) in [7, 11) is 0. The molecule has 1 aliphatic rings. The van der Waals surface area contributed by atoms with Crippen LogP contribution in [0.3, 0.4) is 0 Å². The van der Waals surface area contributed by atoms with E-state index in [1.165, 1.54) is 34.6 Å². The van der Waals surface area contributed by atoms with Crippen LogP contribution in [-0.4, -0.2) is 25.4 Å². The van der Waals surface area contributed by atoms with E-state index in [0.717, 1.165) is 41.1 Å². The fourth-order valence-electron chi connectivity index (χ4n) is 5.01. The second kappa shape index (κ2) is 7.37. The highest BCUT2D eigenvalue weighted by molar-refractivity contribution is 6.09. The first-order valence-corrected chi connectivity index (χ1v) is 11.5. The van der Waals surface area contributed by atoms with Crippen LogP contribution in [0.4, 0.5) is 4.79 Å². The number of nitrogens with zero attached hydrogens (tertiary/aromatic N) is 3. The number of ether oxygens (including phenoxy) is 1. The minimum Gasteiger partial charge on any atom is -0.449 e. The van der Waals surface area contributed by atoms with Gasteiger partial charge in [0.2, 0.25) is 0 Å². The summed E-state index contributed by atoms with van der Waals surface area (Å²) in [4.78, 5) is 16.1. The van der Waals surface area contributed by atoms with Crippen molar-refractivity contribution in [3.8, 4) is 17.1 Å². The van der Waals surface area contributed by atoms with E-state index in [-0.39, 0.29) is 0 Å². The van der Waals surface area contributed by atoms with E-state index in [0.29, 0.717) is 11.7 Å². The average Bonchev–Trinajstić information content (AvgIpc) is 3.47. The van der Waals surface area contributed by atoms with E-state index in [2.05, 4.69) is 58.5 Å². The Morgan fingerprint density at radius 1 is 1.03 bits per heavy atom. The quantitative estimate of drug-likeness (QED) is 0.247. The van der Waals surface area contributed by atoms with Crippen molar-refractivity contribution >= 4 is 39.0 Å². The number of hydrogen-bond acceptors (Lipinski definition) is 3. The van der Waals surface area contributed by atoms with Crippen molar-refractivity contribution in [2.24, 2.45) is 5.92 Å². The van der Waals surface area contributed by atoms with Gasteiger partial charge < -0.3 is 19.0 Å². The molecule has 1 saturated carbocycles. The maximum absolute atomic E-state index is 11.1. The highest BCUT2D eigenvalue weighted by Crippen LogP contribution is 2.38. The molecule has 1 fully saturated rings. The summed E-state index contributed by atoms with van der Waals surface area (Å²) in [5.74, 6) is 1.92. The number of carbonyl (C=O) groups is 1. The van der Waals surface area contributed by atoms with Crippen LogP contribution < -0.4 is 4.74 Å². The Hall–Kier alpha value is -3.80. The molecule has 0 spiro atoms. The molecule has 0 unspecified atom stereocenters. The van der Waals surface area contributed by atoms with Crippen LogP contribution in [0, 0.1) is 12.8 Å². The third kappa shape index (κ3) is 3.17. The molecule has 6 rings (SSSR count). The second-order valence-electron chi connectivity index (χ2n) is 8.91. The van der Waals surface area contributed by atoms with E-state index >= 15 is 0 Å². The van der Waals surface area contributed by atoms with Gasteiger partial charge >= 0.3 is 6.16 Å².